The number of halogens is 2. The van der Waals surface area contributed by atoms with Crippen LogP contribution in [0.4, 0.5) is 5.69 Å². The van der Waals surface area contributed by atoms with E-state index in [1.165, 1.54) is 30.5 Å². The molecule has 120 valence electrons. The maximum absolute atomic E-state index is 12.0. The first-order valence-corrected chi connectivity index (χ1v) is 8.28. The highest BCUT2D eigenvalue weighted by Gasteiger charge is 2.16. The van der Waals surface area contributed by atoms with Gasteiger partial charge in [0.1, 0.15) is 0 Å². The Bertz CT molecular complexity index is 885. The zero-order chi connectivity index (χ0) is 17.0. The number of rotatable bonds is 5. The van der Waals surface area contributed by atoms with E-state index in [-0.39, 0.29) is 10.6 Å². The van der Waals surface area contributed by atoms with Gasteiger partial charge in [0, 0.05) is 22.7 Å². The molecule has 0 radical (unpaired) electrons. The van der Waals surface area contributed by atoms with Gasteiger partial charge < -0.3 is 0 Å². The Morgan fingerprint density at radius 2 is 1.91 bits per heavy atom. The van der Waals surface area contributed by atoms with Gasteiger partial charge in [0.15, 0.2) is 0 Å². The average molecular weight is 374 g/mol. The molecule has 0 aliphatic carbocycles. The lowest BCUT2D eigenvalue weighted by Crippen LogP contribution is -2.18. The van der Waals surface area contributed by atoms with E-state index in [1.807, 2.05) is 4.83 Å². The molecule has 0 atom stereocenters. The van der Waals surface area contributed by atoms with Crippen LogP contribution >= 0.6 is 23.2 Å². The fourth-order valence-electron chi connectivity index (χ4n) is 1.59. The van der Waals surface area contributed by atoms with E-state index >= 15 is 0 Å². The first-order valence-electron chi connectivity index (χ1n) is 6.04. The third kappa shape index (κ3) is 4.41. The zero-order valence-corrected chi connectivity index (χ0v) is 13.6. The molecule has 0 aliphatic heterocycles. The maximum atomic E-state index is 12.0. The van der Waals surface area contributed by atoms with E-state index in [2.05, 4.69) is 5.10 Å². The fourth-order valence-corrected chi connectivity index (χ4v) is 2.88. The Morgan fingerprint density at radius 3 is 2.57 bits per heavy atom. The minimum absolute atomic E-state index is 0.272. The van der Waals surface area contributed by atoms with Gasteiger partial charge in [-0.2, -0.15) is 13.5 Å². The molecule has 2 rings (SSSR count). The predicted octanol–water partition coefficient (Wildman–Crippen LogP) is 3.21. The van der Waals surface area contributed by atoms with Crippen molar-refractivity contribution in [3.63, 3.8) is 0 Å². The van der Waals surface area contributed by atoms with Crippen molar-refractivity contribution >= 4 is 45.1 Å². The van der Waals surface area contributed by atoms with E-state index in [0.717, 1.165) is 6.07 Å². The molecule has 0 aromatic heterocycles. The molecule has 0 fully saturated rings. The second-order valence-corrected chi connectivity index (χ2v) is 6.78. The van der Waals surface area contributed by atoms with Gasteiger partial charge in [0.2, 0.25) is 0 Å². The summed E-state index contributed by atoms with van der Waals surface area (Å²) in [5, 5.41) is 15.0. The molecule has 0 saturated heterocycles. The van der Waals surface area contributed by atoms with Crippen molar-refractivity contribution in [1.82, 2.24) is 4.83 Å². The van der Waals surface area contributed by atoms with Crippen molar-refractivity contribution in [2.75, 3.05) is 0 Å². The number of nitrogens with one attached hydrogen (secondary N) is 1. The normalized spacial score (nSPS) is 11.6. The van der Waals surface area contributed by atoms with Crippen molar-refractivity contribution in [1.29, 1.82) is 0 Å². The van der Waals surface area contributed by atoms with Crippen molar-refractivity contribution in [2.24, 2.45) is 5.10 Å². The third-order valence-electron chi connectivity index (χ3n) is 2.68. The summed E-state index contributed by atoms with van der Waals surface area (Å²) in [6, 6.07) is 9.24. The van der Waals surface area contributed by atoms with Crippen LogP contribution in [0, 0.1) is 10.1 Å². The van der Waals surface area contributed by atoms with Crippen LogP contribution in [0.2, 0.25) is 10.0 Å². The molecule has 2 aromatic carbocycles. The highest BCUT2D eigenvalue weighted by atomic mass is 35.5. The van der Waals surface area contributed by atoms with Gasteiger partial charge in [-0.15, -0.1) is 0 Å². The fraction of sp³-hybridized carbons (Fsp3) is 0. The standard InChI is InChI=1S/C13H9Cl2N3O4S/c14-10-5-4-9(13(15)6-10)8-16-17-23(21,22)12-3-1-2-11(7-12)18(19)20/h1-8,17H/b16-8+. The number of nitro benzene ring substituents is 1. The van der Waals surface area contributed by atoms with Gasteiger partial charge in [-0.3, -0.25) is 10.1 Å². The van der Waals surface area contributed by atoms with Gasteiger partial charge in [-0.25, -0.2) is 4.83 Å². The lowest BCUT2D eigenvalue weighted by Gasteiger charge is -2.03. The summed E-state index contributed by atoms with van der Waals surface area (Å²) in [5.74, 6) is 0. The number of hydrogen-bond donors (Lipinski definition) is 1. The first kappa shape index (κ1) is 17.2. The minimum atomic E-state index is -4.03. The van der Waals surface area contributed by atoms with Crippen LogP contribution in [0.1, 0.15) is 5.56 Å². The van der Waals surface area contributed by atoms with E-state index in [0.29, 0.717) is 15.6 Å². The summed E-state index contributed by atoms with van der Waals surface area (Å²) < 4.78 is 24.1. The number of hydrogen-bond acceptors (Lipinski definition) is 5. The van der Waals surface area contributed by atoms with Gasteiger partial charge in [-0.1, -0.05) is 35.3 Å². The minimum Gasteiger partial charge on any atom is -0.258 e. The molecule has 7 nitrogen and oxygen atoms in total. The summed E-state index contributed by atoms with van der Waals surface area (Å²) in [6.07, 6.45) is 1.20. The van der Waals surface area contributed by atoms with E-state index in [4.69, 9.17) is 23.2 Å². The zero-order valence-electron chi connectivity index (χ0n) is 11.3. The molecule has 23 heavy (non-hydrogen) atoms. The number of sulfonamides is 1. The second-order valence-electron chi connectivity index (χ2n) is 4.27. The summed E-state index contributed by atoms with van der Waals surface area (Å²) >= 11 is 11.7. The second kappa shape index (κ2) is 6.95. The Kier molecular flexibility index (Phi) is 5.19. The van der Waals surface area contributed by atoms with E-state index in [9.17, 15) is 18.5 Å². The van der Waals surface area contributed by atoms with Crippen LogP contribution < -0.4 is 4.83 Å². The van der Waals surface area contributed by atoms with Crippen LogP contribution in [0.3, 0.4) is 0 Å². The molecule has 0 unspecified atom stereocenters. The van der Waals surface area contributed by atoms with E-state index in [1.54, 1.807) is 12.1 Å². The quantitative estimate of drug-likeness (QED) is 0.493. The number of nitrogens with zero attached hydrogens (tertiary/aromatic N) is 2. The topological polar surface area (TPSA) is 102 Å². The lowest BCUT2D eigenvalue weighted by atomic mass is 10.2. The molecule has 1 N–H and O–H groups in total. The third-order valence-corrected chi connectivity index (χ3v) is 4.46. The molecule has 0 saturated carbocycles. The van der Waals surface area contributed by atoms with Crippen LogP contribution in [-0.2, 0) is 10.0 Å². The highest BCUT2D eigenvalue weighted by Crippen LogP contribution is 2.20. The molecule has 0 aliphatic rings. The summed E-state index contributed by atoms with van der Waals surface area (Å²) in [4.78, 5) is 11.7. The van der Waals surface area contributed by atoms with E-state index < -0.39 is 14.9 Å². The summed E-state index contributed by atoms with van der Waals surface area (Å²) in [5.41, 5.74) is 0.121. The average Bonchev–Trinajstić information content (AvgIpc) is 2.49. The van der Waals surface area contributed by atoms with Crippen LogP contribution in [0.25, 0.3) is 0 Å². The highest BCUT2D eigenvalue weighted by molar-refractivity contribution is 7.89. The Balaban J connectivity index is 2.20. The van der Waals surface area contributed by atoms with Crippen LogP contribution in [0.5, 0.6) is 0 Å². The first-order chi connectivity index (χ1) is 10.8. The smallest absolute Gasteiger partial charge is 0.258 e. The number of hydrazone groups is 1. The largest absolute Gasteiger partial charge is 0.276 e. The van der Waals surface area contributed by atoms with Crippen molar-refractivity contribution < 1.29 is 13.3 Å². The Hall–Kier alpha value is -2.16. The molecule has 10 heteroatoms. The van der Waals surface area contributed by atoms with Crippen LogP contribution in [-0.4, -0.2) is 19.6 Å². The van der Waals surface area contributed by atoms with Gasteiger partial charge in [0.05, 0.1) is 21.1 Å². The number of nitro groups is 1. The molecule has 2 aromatic rings. The molecule has 0 amide bonds. The SMILES string of the molecule is O=[N+]([O-])c1cccc(S(=O)(=O)N/N=C/c2ccc(Cl)cc2Cl)c1. The van der Waals surface area contributed by atoms with Crippen molar-refractivity contribution in [3.8, 4) is 0 Å². The predicted molar refractivity (Wildman–Crippen MR) is 87.5 cm³/mol. The van der Waals surface area contributed by atoms with Crippen LogP contribution in [0.15, 0.2) is 52.5 Å². The van der Waals surface area contributed by atoms with Gasteiger partial charge in [-0.05, 0) is 18.2 Å². The lowest BCUT2D eigenvalue weighted by molar-refractivity contribution is -0.385. The van der Waals surface area contributed by atoms with Gasteiger partial charge in [0.25, 0.3) is 15.7 Å². The molecule has 0 heterocycles. The molecular formula is C13H9Cl2N3O4S. The number of non-ortho nitro benzene ring substituents is 1. The van der Waals surface area contributed by atoms with Crippen molar-refractivity contribution in [3.05, 3.63) is 68.2 Å². The molecular weight excluding hydrogens is 365 g/mol. The summed E-state index contributed by atoms with van der Waals surface area (Å²) in [7, 11) is -4.03. The number of benzene rings is 2. The Morgan fingerprint density at radius 1 is 1.17 bits per heavy atom. The molecule has 0 spiro atoms. The Labute approximate surface area is 141 Å². The maximum Gasteiger partial charge on any atom is 0.276 e. The monoisotopic (exact) mass is 373 g/mol. The molecule has 0 bridgehead atoms. The van der Waals surface area contributed by atoms with Crippen molar-refractivity contribution in [2.45, 2.75) is 4.90 Å². The summed E-state index contributed by atoms with van der Waals surface area (Å²) in [6.45, 7) is 0. The van der Waals surface area contributed by atoms with Gasteiger partial charge >= 0.3 is 0 Å².